The van der Waals surface area contributed by atoms with Crippen molar-refractivity contribution in [3.05, 3.63) is 136 Å². The normalized spacial score (nSPS) is 12.1. The molecule has 0 atom stereocenters. The van der Waals surface area contributed by atoms with Crippen molar-refractivity contribution in [3.8, 4) is 34.8 Å². The molecule has 6 N–H and O–H groups in total. The van der Waals surface area contributed by atoms with Gasteiger partial charge in [0, 0.05) is 30.8 Å². The Bertz CT molecular complexity index is 5960. The zero-order valence-corrected chi connectivity index (χ0v) is 73.1. The molecule has 8 aromatic rings. The summed E-state index contributed by atoms with van der Waals surface area (Å²) < 4.78 is 237. The van der Waals surface area contributed by atoms with Gasteiger partial charge < -0.3 is 88.2 Å². The van der Waals surface area contributed by atoms with Crippen LogP contribution in [0.4, 0.5) is 52.2 Å². The number of rotatable bonds is 23. The summed E-state index contributed by atoms with van der Waals surface area (Å²) in [7, 11) is -32.4. The van der Waals surface area contributed by atoms with Gasteiger partial charge in [-0.2, -0.15) is 0 Å². The van der Waals surface area contributed by atoms with Crippen molar-refractivity contribution in [1.29, 1.82) is 0 Å². The summed E-state index contributed by atoms with van der Waals surface area (Å²) in [4.78, 5) is 50.6. The Morgan fingerprint density at radius 2 is 0.972 bits per heavy atom. The number of fused-ring (bicyclic) bond motifs is 4. The van der Waals surface area contributed by atoms with Crippen molar-refractivity contribution < 1.29 is 293 Å². The van der Waals surface area contributed by atoms with E-state index in [-0.39, 0.29) is 231 Å². The summed E-state index contributed by atoms with van der Waals surface area (Å²) in [5, 5.41) is 37.6. The number of pyridine rings is 2. The Kier molecular flexibility index (Phi) is 31.5. The van der Waals surface area contributed by atoms with E-state index in [0.29, 0.717) is 36.4 Å². The minimum Gasteiger partial charge on any atom is -0.744 e. The number of benzene rings is 5. The third kappa shape index (κ3) is 21.1. The minimum absolute atomic E-state index is 0. The molecule has 520 valence electrons. The topological polar surface area (TPSA) is 628 Å². The molecule has 54 heteroatoms. The van der Waals surface area contributed by atoms with E-state index in [2.05, 4.69) is 71.8 Å². The van der Waals surface area contributed by atoms with Crippen LogP contribution in [0, 0.1) is 0 Å². The molecule has 0 saturated carbocycles. The maximum atomic E-state index is 13.2. The van der Waals surface area contributed by atoms with Gasteiger partial charge in [0.05, 0.1) is 91.0 Å². The smallest absolute Gasteiger partial charge is 0.744 e. The third-order valence-electron chi connectivity index (χ3n) is 13.5. The van der Waals surface area contributed by atoms with Crippen LogP contribution in [0.3, 0.4) is 0 Å². The van der Waals surface area contributed by atoms with Gasteiger partial charge in [0.1, 0.15) is 97.4 Å². The molecule has 11 rings (SSSR count). The van der Waals surface area contributed by atoms with Crippen LogP contribution >= 0.6 is 23.2 Å². The number of ether oxygens (including phenoxy) is 1. The predicted molar refractivity (Wildman–Crippen MR) is 325 cm³/mol. The zero-order chi connectivity index (χ0) is 72.3. The first-order chi connectivity index (χ1) is 46.8. The van der Waals surface area contributed by atoms with Crippen molar-refractivity contribution >= 4 is 159 Å². The summed E-state index contributed by atoms with van der Waals surface area (Å²) in [6.07, 6.45) is 4.50. The van der Waals surface area contributed by atoms with E-state index in [4.69, 9.17) is 32.4 Å². The molecule has 0 amide bonds. The van der Waals surface area contributed by atoms with Gasteiger partial charge in [-0.1, -0.05) is 23.2 Å². The second-order valence-corrected chi connectivity index (χ2v) is 29.0. The molecule has 40 nitrogen and oxygen atoms in total. The predicted octanol–water partition coefficient (Wildman–Crippen LogP) is -18.8. The summed E-state index contributed by atoms with van der Waals surface area (Å²) in [6, 6.07) is 12.5. The molecule has 0 radical (unpaired) electrons. The zero-order valence-electron chi connectivity index (χ0n) is 54.7. The van der Waals surface area contributed by atoms with Crippen LogP contribution in [0.2, 0.25) is 10.0 Å². The van der Waals surface area contributed by atoms with Crippen molar-refractivity contribution in [2.75, 3.05) is 58.1 Å². The van der Waals surface area contributed by atoms with Gasteiger partial charge in [0.15, 0.2) is 22.8 Å². The van der Waals surface area contributed by atoms with Crippen LogP contribution in [0.15, 0.2) is 148 Å². The van der Waals surface area contributed by atoms with Gasteiger partial charge in [0.2, 0.25) is 0 Å². The van der Waals surface area contributed by atoms with Crippen molar-refractivity contribution in [2.45, 2.75) is 29.4 Å². The summed E-state index contributed by atoms with van der Waals surface area (Å²) >= 11 is 13.7. The van der Waals surface area contributed by atoms with E-state index in [9.17, 15) is 97.6 Å². The van der Waals surface area contributed by atoms with E-state index in [1.165, 1.54) is 30.6 Å². The van der Waals surface area contributed by atoms with Crippen molar-refractivity contribution in [2.24, 2.45) is 4.99 Å². The van der Waals surface area contributed by atoms with Crippen LogP contribution in [0.1, 0.15) is 20.7 Å². The summed E-state index contributed by atoms with van der Waals surface area (Å²) in [5.74, 6) is -8.04. The van der Waals surface area contributed by atoms with E-state index >= 15 is 0 Å². The molecule has 0 bridgehead atoms. The maximum absolute atomic E-state index is 13.2. The standard InChI is InChI=1S/C52H38Cl2N16O24S6.6Na/c53-35-38-42(94-40-28(60-38)8-10-30(44(40)100(90,91)92)56-14-16-58-48-64-50(68-52(66-48)70-18-2-4-24(22-70)46(73)74)62-32-20-26(96(78,79)80)6-12-34(32)98(84,85)86)36(54)37-41(35)93-39-27(59-37)7-9-29(43(39)99(87,88)89)55-13-15-57-47-63-49(67-51(65-47)69-17-1-3-23(21-69)45(71)72)61-31-19-25(95(75,76)77)5-11-33(31)97(81,82)83;;;;;;/h1-12,17-22H,13-16H2,(H12-2,55,56,57,58,59,60,61,62,63,64,65,66,67,68,71,72,73,74,75,76,77,78,79,80,81,82,83,84,85,86,87,88,89,90,91,92);;;;;;/q;6*+1/p-6. The number of halogens is 2. The molecule has 4 aromatic carbocycles. The minimum atomic E-state index is -5.59. The number of hydrogen-bond donors (Lipinski definition) is 6. The Labute approximate surface area is 740 Å². The number of anilines is 9. The van der Waals surface area contributed by atoms with Crippen LogP contribution in [-0.2, 0) is 60.7 Å². The molecule has 0 fully saturated rings. The van der Waals surface area contributed by atoms with E-state index in [1.54, 1.807) is 0 Å². The van der Waals surface area contributed by atoms with E-state index < -0.39 is 199 Å². The number of nitrogens with one attached hydrogen (secondary N) is 6. The molecular formula is C52H32Cl2N16Na6O24S6. The number of aromatic carboxylic acids is 2. The molecule has 6 heterocycles. The summed E-state index contributed by atoms with van der Waals surface area (Å²) in [5.41, 5.74) is -4.51. The largest absolute Gasteiger partial charge is 1.00 e. The Hall–Kier alpha value is -4.60. The quantitative estimate of drug-likeness (QED) is 0.0114. The molecule has 3 aliphatic rings. The number of carboxylic acid groups (broad SMARTS) is 2. The molecule has 0 unspecified atom stereocenters. The number of carboxylic acids is 2. The molecule has 0 saturated heterocycles. The Morgan fingerprint density at radius 1 is 0.500 bits per heavy atom. The first kappa shape index (κ1) is 92.0. The Balaban J connectivity index is 0.00000336. The first-order valence-electron chi connectivity index (χ1n) is 27.0. The number of hydrogen-bond acceptors (Lipinski definition) is 38. The average molecular weight is 1670 g/mol. The van der Waals surface area contributed by atoms with Gasteiger partial charge in [-0.15, -0.1) is 9.97 Å². The molecule has 0 spiro atoms. The molecular weight excluding hydrogens is 1630 g/mol. The van der Waals surface area contributed by atoms with E-state index in [1.807, 2.05) is 0 Å². The van der Waals surface area contributed by atoms with Crippen molar-refractivity contribution in [3.63, 3.8) is 0 Å². The number of nitrogens with zero attached hydrogens (tertiary/aromatic N) is 10. The molecule has 1 aliphatic carbocycles. The number of aromatic nitrogens is 9. The van der Waals surface area contributed by atoms with E-state index in [0.717, 1.165) is 51.9 Å². The molecule has 2 aliphatic heterocycles. The van der Waals surface area contributed by atoms with Crippen LogP contribution in [0.25, 0.3) is 34.5 Å². The van der Waals surface area contributed by atoms with Gasteiger partial charge >= 0.3 is 213 Å². The fourth-order valence-electron chi connectivity index (χ4n) is 9.33. The van der Waals surface area contributed by atoms with Gasteiger partial charge in [-0.25, -0.2) is 64.6 Å². The van der Waals surface area contributed by atoms with Crippen LogP contribution < -0.4 is 239 Å². The second-order valence-electron chi connectivity index (χ2n) is 20.1. The molecule has 106 heavy (non-hydrogen) atoms. The van der Waals surface area contributed by atoms with Gasteiger partial charge in [-0.05, 0) is 105 Å². The van der Waals surface area contributed by atoms with Crippen molar-refractivity contribution in [1.82, 2.24) is 34.9 Å². The van der Waals surface area contributed by atoms with Gasteiger partial charge in [-0.3, -0.25) is 4.99 Å². The fraction of sp³-hybridized carbons (Fsp3) is 0.0769. The number of carbonyl (C=O) groups is 2. The SMILES string of the molecule is O=C([O-])c1ccc[n+](-c2nc(NCCN=c3ccc4nc5c(Cl)c6c(c(Cl)c5oc-4c3S(=O)(=O)[O-])Nc3ccc(NCCNc4nc(Nc5cc(S(=O)(=O)[O-])ccc5S(=O)(=O)[O-])nc(-[n+]5cccc(C(=O)[O-])c5)n4)c(S(=O)(=O)[O-])c3O6)nc(Nc3cc(S(=O)(=O)[O-])ccc3S(=O)(=O)[O-])n2)c1.[Na+].[Na+].[Na+].[Na+].[Na+].[Na+]. The average Bonchev–Trinajstić information content (AvgIpc) is 0.722. The molecule has 4 aromatic heterocycles. The maximum Gasteiger partial charge on any atom is 1.00 e. The number of carbonyl (C=O) groups excluding carboxylic acids is 2. The summed E-state index contributed by atoms with van der Waals surface area (Å²) in [6.45, 7) is -1.45. The first-order valence-corrected chi connectivity index (χ1v) is 36.2. The van der Waals surface area contributed by atoms with Crippen LogP contribution in [0.5, 0.6) is 11.5 Å². The third-order valence-corrected chi connectivity index (χ3v) is 19.5. The van der Waals surface area contributed by atoms with Crippen LogP contribution in [-0.4, -0.2) is 151 Å². The monoisotopic (exact) mass is 1660 g/mol. The fourth-order valence-corrected chi connectivity index (χ4v) is 13.6. The Morgan fingerprint density at radius 3 is 1.43 bits per heavy atom. The van der Waals surface area contributed by atoms with Gasteiger partial charge in [0.25, 0.3) is 0 Å². The second kappa shape index (κ2) is 36.3.